The molecule has 0 spiro atoms. The van der Waals surface area contributed by atoms with Gasteiger partial charge >= 0.3 is 6.09 Å². The molecule has 2 aromatic rings. The van der Waals surface area contributed by atoms with Crippen LogP contribution >= 0.6 is 0 Å². The molecule has 0 unspecified atom stereocenters. The summed E-state index contributed by atoms with van der Waals surface area (Å²) in [5.74, 6) is 0.300. The molecular weight excluding hydrogens is 261 g/mol. The Bertz CT molecular complexity index is 587. The van der Waals surface area contributed by atoms with Crippen molar-refractivity contribution in [1.29, 1.82) is 0 Å². The third-order valence-electron chi connectivity index (χ3n) is 2.44. The molecule has 0 saturated heterocycles. The van der Waals surface area contributed by atoms with Gasteiger partial charge in [0.2, 0.25) is 0 Å². The molecule has 5 heteroatoms. The van der Waals surface area contributed by atoms with Crippen molar-refractivity contribution in [2.45, 2.75) is 6.92 Å². The van der Waals surface area contributed by atoms with Gasteiger partial charge in [-0.05, 0) is 31.2 Å². The van der Waals surface area contributed by atoms with Crippen LogP contribution in [-0.4, -0.2) is 12.7 Å². The molecule has 0 aromatic heterocycles. The van der Waals surface area contributed by atoms with Crippen molar-refractivity contribution in [2.24, 2.45) is 0 Å². The quantitative estimate of drug-likeness (QED) is 0.922. The minimum absolute atomic E-state index is 0.0110. The van der Waals surface area contributed by atoms with Crippen LogP contribution in [0.15, 0.2) is 48.5 Å². The smallest absolute Gasteiger partial charge is 0.417 e. The van der Waals surface area contributed by atoms with E-state index in [1.165, 1.54) is 18.2 Å². The van der Waals surface area contributed by atoms with E-state index in [9.17, 15) is 9.18 Å². The molecule has 2 rings (SSSR count). The van der Waals surface area contributed by atoms with E-state index in [-0.39, 0.29) is 5.69 Å². The molecule has 1 N–H and O–H groups in total. The highest BCUT2D eigenvalue weighted by atomic mass is 19.1. The van der Waals surface area contributed by atoms with Crippen molar-refractivity contribution in [3.8, 4) is 11.5 Å². The topological polar surface area (TPSA) is 47.6 Å². The van der Waals surface area contributed by atoms with Crippen molar-refractivity contribution in [1.82, 2.24) is 0 Å². The maximum Gasteiger partial charge on any atom is 0.417 e. The summed E-state index contributed by atoms with van der Waals surface area (Å²) in [7, 11) is 0. The Morgan fingerprint density at radius 1 is 1.15 bits per heavy atom. The zero-order valence-corrected chi connectivity index (χ0v) is 10.9. The number of amides is 1. The molecule has 2 aromatic carbocycles. The largest absolute Gasteiger partial charge is 0.494 e. The zero-order chi connectivity index (χ0) is 14.4. The Balaban J connectivity index is 2.05. The highest BCUT2D eigenvalue weighted by molar-refractivity contribution is 5.86. The van der Waals surface area contributed by atoms with Crippen molar-refractivity contribution >= 4 is 11.8 Å². The summed E-state index contributed by atoms with van der Waals surface area (Å²) in [5.41, 5.74) is 0.0110. The number of halogens is 1. The fourth-order valence-corrected chi connectivity index (χ4v) is 1.59. The molecule has 104 valence electrons. The fourth-order valence-electron chi connectivity index (χ4n) is 1.59. The second kappa shape index (κ2) is 6.56. The lowest BCUT2D eigenvalue weighted by Gasteiger charge is -2.09. The Morgan fingerprint density at radius 2 is 1.90 bits per heavy atom. The lowest BCUT2D eigenvalue weighted by molar-refractivity contribution is 0.215. The molecule has 1 amide bonds. The van der Waals surface area contributed by atoms with E-state index in [4.69, 9.17) is 9.47 Å². The summed E-state index contributed by atoms with van der Waals surface area (Å²) in [4.78, 5) is 11.7. The number of anilines is 1. The van der Waals surface area contributed by atoms with Crippen molar-refractivity contribution in [2.75, 3.05) is 11.9 Å². The molecule has 0 saturated carbocycles. The maximum absolute atomic E-state index is 13.6. The number of nitrogens with one attached hydrogen (secondary N) is 1. The number of benzene rings is 2. The molecule has 0 aliphatic carbocycles. The van der Waals surface area contributed by atoms with Gasteiger partial charge in [0, 0.05) is 6.07 Å². The fraction of sp³-hybridized carbons (Fsp3) is 0.133. The number of rotatable bonds is 4. The number of ether oxygens (including phenoxy) is 2. The van der Waals surface area contributed by atoms with E-state index >= 15 is 0 Å². The Hall–Kier alpha value is -2.56. The molecular formula is C15H14FNO3. The van der Waals surface area contributed by atoms with E-state index in [1.807, 2.05) is 6.92 Å². The number of hydrogen-bond acceptors (Lipinski definition) is 3. The van der Waals surface area contributed by atoms with E-state index in [1.54, 1.807) is 30.3 Å². The SMILES string of the molecule is CCOc1ccc(F)c(NC(=O)Oc2ccccc2)c1. The second-order valence-corrected chi connectivity index (χ2v) is 3.90. The normalized spacial score (nSPS) is 9.90. The third-order valence-corrected chi connectivity index (χ3v) is 2.44. The Labute approximate surface area is 116 Å². The zero-order valence-electron chi connectivity index (χ0n) is 10.9. The molecule has 0 aliphatic rings. The number of hydrogen-bond donors (Lipinski definition) is 1. The van der Waals surface area contributed by atoms with Gasteiger partial charge in [0.1, 0.15) is 17.3 Å². The monoisotopic (exact) mass is 275 g/mol. The standard InChI is InChI=1S/C15H14FNO3/c1-2-19-12-8-9-13(16)14(10-12)17-15(18)20-11-6-4-3-5-7-11/h3-10H,2H2,1H3,(H,17,18). The molecule has 0 aliphatic heterocycles. The van der Waals surface area contributed by atoms with Crippen molar-refractivity contribution < 1.29 is 18.7 Å². The first kappa shape index (κ1) is 13.9. The predicted octanol–water partition coefficient (Wildman–Crippen LogP) is 3.84. The maximum atomic E-state index is 13.6. The summed E-state index contributed by atoms with van der Waals surface area (Å²) in [5, 5.41) is 2.34. The van der Waals surface area contributed by atoms with Crippen molar-refractivity contribution in [3.05, 3.63) is 54.3 Å². The lowest BCUT2D eigenvalue weighted by atomic mass is 10.3. The lowest BCUT2D eigenvalue weighted by Crippen LogP contribution is -2.17. The minimum atomic E-state index is -0.760. The summed E-state index contributed by atoms with van der Waals surface area (Å²) in [6, 6.07) is 12.7. The highest BCUT2D eigenvalue weighted by Gasteiger charge is 2.10. The van der Waals surface area contributed by atoms with Gasteiger partial charge in [-0.2, -0.15) is 0 Å². The number of carbonyl (C=O) groups excluding carboxylic acids is 1. The molecule has 20 heavy (non-hydrogen) atoms. The van der Waals surface area contributed by atoms with Crippen LogP contribution < -0.4 is 14.8 Å². The van der Waals surface area contributed by atoms with Crippen LogP contribution in [0.3, 0.4) is 0 Å². The number of para-hydroxylation sites is 1. The van der Waals surface area contributed by atoms with Gasteiger partial charge in [0.25, 0.3) is 0 Å². The van der Waals surface area contributed by atoms with Crippen LogP contribution in [-0.2, 0) is 0 Å². The van der Waals surface area contributed by atoms with Crippen LogP contribution in [0.25, 0.3) is 0 Å². The molecule has 0 bridgehead atoms. The molecule has 0 heterocycles. The van der Waals surface area contributed by atoms with Gasteiger partial charge in [-0.1, -0.05) is 18.2 Å². The Morgan fingerprint density at radius 3 is 2.60 bits per heavy atom. The molecule has 4 nitrogen and oxygen atoms in total. The van der Waals surface area contributed by atoms with Crippen LogP contribution in [0.2, 0.25) is 0 Å². The van der Waals surface area contributed by atoms with Gasteiger partial charge < -0.3 is 9.47 Å². The van der Waals surface area contributed by atoms with Crippen LogP contribution in [0.1, 0.15) is 6.92 Å². The average molecular weight is 275 g/mol. The van der Waals surface area contributed by atoms with Crippen LogP contribution in [0, 0.1) is 5.82 Å². The van der Waals surface area contributed by atoms with Gasteiger partial charge in [-0.15, -0.1) is 0 Å². The van der Waals surface area contributed by atoms with E-state index in [0.29, 0.717) is 18.1 Å². The molecule has 0 fully saturated rings. The third kappa shape index (κ3) is 3.71. The van der Waals surface area contributed by atoms with Crippen LogP contribution in [0.4, 0.5) is 14.9 Å². The van der Waals surface area contributed by atoms with E-state index in [0.717, 1.165) is 0 Å². The molecule has 0 radical (unpaired) electrons. The van der Waals surface area contributed by atoms with E-state index < -0.39 is 11.9 Å². The Kier molecular flexibility index (Phi) is 4.55. The van der Waals surface area contributed by atoms with Gasteiger partial charge in [0.05, 0.1) is 12.3 Å². The van der Waals surface area contributed by atoms with Gasteiger partial charge in [0.15, 0.2) is 0 Å². The summed E-state index contributed by atoms with van der Waals surface area (Å²) < 4.78 is 23.8. The first-order chi connectivity index (χ1) is 9.69. The van der Waals surface area contributed by atoms with Crippen molar-refractivity contribution in [3.63, 3.8) is 0 Å². The predicted molar refractivity (Wildman–Crippen MR) is 73.7 cm³/mol. The summed E-state index contributed by atoms with van der Waals surface area (Å²) in [6.45, 7) is 2.28. The minimum Gasteiger partial charge on any atom is -0.494 e. The second-order valence-electron chi connectivity index (χ2n) is 3.90. The van der Waals surface area contributed by atoms with Crippen LogP contribution in [0.5, 0.6) is 11.5 Å². The summed E-state index contributed by atoms with van der Waals surface area (Å²) >= 11 is 0. The molecule has 0 atom stereocenters. The highest BCUT2D eigenvalue weighted by Crippen LogP contribution is 2.22. The summed E-state index contributed by atoms with van der Waals surface area (Å²) in [6.07, 6.45) is -0.760. The first-order valence-electron chi connectivity index (χ1n) is 6.15. The average Bonchev–Trinajstić information content (AvgIpc) is 2.44. The van der Waals surface area contributed by atoms with E-state index in [2.05, 4.69) is 5.32 Å². The van der Waals surface area contributed by atoms with Gasteiger partial charge in [-0.3, -0.25) is 5.32 Å². The first-order valence-corrected chi connectivity index (χ1v) is 6.15. The number of carbonyl (C=O) groups is 1. The van der Waals surface area contributed by atoms with Gasteiger partial charge in [-0.25, -0.2) is 9.18 Å².